The van der Waals surface area contributed by atoms with E-state index >= 15 is 0 Å². The van der Waals surface area contributed by atoms with Crippen LogP contribution in [0.25, 0.3) is 0 Å². The summed E-state index contributed by atoms with van der Waals surface area (Å²) in [5, 5.41) is 17.5. The van der Waals surface area contributed by atoms with Gasteiger partial charge in [0.25, 0.3) is 0 Å². The highest BCUT2D eigenvalue weighted by molar-refractivity contribution is 5.25. The van der Waals surface area contributed by atoms with Crippen molar-refractivity contribution in [2.75, 3.05) is 20.2 Å². The fourth-order valence-corrected chi connectivity index (χ4v) is 3.09. The van der Waals surface area contributed by atoms with Gasteiger partial charge in [-0.25, -0.2) is 4.98 Å². The number of β-amino-alcohol motifs (C(OH)–C–C–N with tert-alkyl or cyclic N) is 1. The zero-order valence-electron chi connectivity index (χ0n) is 13.0. The van der Waals surface area contributed by atoms with E-state index < -0.39 is 0 Å². The van der Waals surface area contributed by atoms with Gasteiger partial charge in [-0.2, -0.15) is 5.10 Å². The number of H-pyrrole nitrogens is 1. The molecule has 2 aromatic rings. The standard InChI is InChI=1S/C16H22N4O2/c1-11-6-14(19-18-11)7-13-9-20(10-15(13)21)8-12-4-3-5-17-16(12)22-2/h3-6,13,15,21H,7-10H2,1-2H3,(H,18,19)/t13-,15-/m1/s1. The summed E-state index contributed by atoms with van der Waals surface area (Å²) >= 11 is 0. The number of hydrogen-bond acceptors (Lipinski definition) is 5. The van der Waals surface area contributed by atoms with E-state index in [-0.39, 0.29) is 12.0 Å². The van der Waals surface area contributed by atoms with Crippen LogP contribution in [0.5, 0.6) is 5.88 Å². The monoisotopic (exact) mass is 302 g/mol. The van der Waals surface area contributed by atoms with E-state index in [1.165, 1.54) is 0 Å². The maximum atomic E-state index is 10.3. The van der Waals surface area contributed by atoms with Gasteiger partial charge in [-0.05, 0) is 25.5 Å². The van der Waals surface area contributed by atoms with Crippen molar-refractivity contribution in [2.24, 2.45) is 5.92 Å². The number of nitrogens with zero attached hydrogens (tertiary/aromatic N) is 3. The lowest BCUT2D eigenvalue weighted by Gasteiger charge is -2.16. The Kier molecular flexibility index (Phi) is 4.40. The Balaban J connectivity index is 1.63. The van der Waals surface area contributed by atoms with E-state index in [0.717, 1.165) is 36.5 Å². The summed E-state index contributed by atoms with van der Waals surface area (Å²) in [6.45, 7) is 4.25. The molecule has 0 amide bonds. The maximum absolute atomic E-state index is 10.3. The van der Waals surface area contributed by atoms with Gasteiger partial charge in [0, 0.05) is 43.0 Å². The summed E-state index contributed by atoms with van der Waals surface area (Å²) in [5.74, 6) is 0.869. The lowest BCUT2D eigenvalue weighted by molar-refractivity contribution is 0.140. The molecule has 0 radical (unpaired) electrons. The van der Waals surface area contributed by atoms with Crippen molar-refractivity contribution in [1.82, 2.24) is 20.1 Å². The average Bonchev–Trinajstić information content (AvgIpc) is 3.06. The second-order valence-corrected chi connectivity index (χ2v) is 5.94. The minimum Gasteiger partial charge on any atom is -0.481 e. The summed E-state index contributed by atoms with van der Waals surface area (Å²) in [6.07, 6.45) is 2.20. The van der Waals surface area contributed by atoms with Gasteiger partial charge >= 0.3 is 0 Å². The van der Waals surface area contributed by atoms with Crippen LogP contribution in [0.2, 0.25) is 0 Å². The van der Waals surface area contributed by atoms with E-state index in [4.69, 9.17) is 4.74 Å². The molecule has 6 heteroatoms. The molecule has 2 atom stereocenters. The quantitative estimate of drug-likeness (QED) is 0.867. The third-order valence-corrected chi connectivity index (χ3v) is 4.15. The van der Waals surface area contributed by atoms with Gasteiger partial charge in [0.1, 0.15) is 0 Å². The lowest BCUT2D eigenvalue weighted by Crippen LogP contribution is -2.21. The molecule has 0 bridgehead atoms. The molecular weight excluding hydrogens is 280 g/mol. The van der Waals surface area contributed by atoms with Crippen LogP contribution in [0.15, 0.2) is 24.4 Å². The number of hydrogen-bond donors (Lipinski definition) is 2. The number of aliphatic hydroxyl groups is 1. The molecule has 118 valence electrons. The molecule has 1 saturated heterocycles. The summed E-state index contributed by atoms with van der Waals surface area (Å²) in [7, 11) is 1.63. The number of pyridine rings is 1. The van der Waals surface area contributed by atoms with E-state index in [1.54, 1.807) is 13.3 Å². The molecule has 0 aromatic carbocycles. The highest BCUT2D eigenvalue weighted by atomic mass is 16.5. The molecule has 0 saturated carbocycles. The first-order chi connectivity index (χ1) is 10.7. The fraction of sp³-hybridized carbons (Fsp3) is 0.500. The van der Waals surface area contributed by atoms with Crippen molar-refractivity contribution in [3.05, 3.63) is 41.3 Å². The predicted molar refractivity (Wildman–Crippen MR) is 82.6 cm³/mol. The van der Waals surface area contributed by atoms with Crippen molar-refractivity contribution in [3.8, 4) is 5.88 Å². The minimum absolute atomic E-state index is 0.213. The predicted octanol–water partition coefficient (Wildman–Crippen LogP) is 1.16. The van der Waals surface area contributed by atoms with Crippen molar-refractivity contribution < 1.29 is 9.84 Å². The number of likely N-dealkylation sites (tertiary alicyclic amines) is 1. The molecule has 1 fully saturated rings. The summed E-state index contributed by atoms with van der Waals surface area (Å²) in [4.78, 5) is 6.47. The number of rotatable bonds is 5. The number of aromatic amines is 1. The Labute approximate surface area is 130 Å². The summed E-state index contributed by atoms with van der Waals surface area (Å²) < 4.78 is 5.29. The molecule has 2 aromatic heterocycles. The van der Waals surface area contributed by atoms with Gasteiger partial charge in [-0.1, -0.05) is 6.07 Å². The second-order valence-electron chi connectivity index (χ2n) is 5.94. The molecule has 1 aliphatic rings. The molecular formula is C16H22N4O2. The normalized spacial score (nSPS) is 22.1. The van der Waals surface area contributed by atoms with E-state index in [9.17, 15) is 5.11 Å². The van der Waals surface area contributed by atoms with Crippen molar-refractivity contribution in [3.63, 3.8) is 0 Å². The van der Waals surface area contributed by atoms with Gasteiger partial charge < -0.3 is 9.84 Å². The topological polar surface area (TPSA) is 74.3 Å². The molecule has 1 aliphatic heterocycles. The van der Waals surface area contributed by atoms with Crippen LogP contribution in [-0.4, -0.2) is 51.5 Å². The zero-order chi connectivity index (χ0) is 15.5. The van der Waals surface area contributed by atoms with Crippen molar-refractivity contribution in [1.29, 1.82) is 0 Å². The molecule has 2 N–H and O–H groups in total. The smallest absolute Gasteiger partial charge is 0.217 e. The van der Waals surface area contributed by atoms with Crippen LogP contribution >= 0.6 is 0 Å². The molecule has 3 heterocycles. The minimum atomic E-state index is -0.320. The molecule has 3 rings (SSSR count). The molecule has 0 aliphatic carbocycles. The first kappa shape index (κ1) is 15.0. The molecule has 0 spiro atoms. The second kappa shape index (κ2) is 6.46. The summed E-state index contributed by atoms with van der Waals surface area (Å²) in [6, 6.07) is 5.97. The van der Waals surface area contributed by atoms with Gasteiger partial charge in [0.05, 0.1) is 18.9 Å². The summed E-state index contributed by atoms with van der Waals surface area (Å²) in [5.41, 5.74) is 3.12. The number of aromatic nitrogens is 3. The van der Waals surface area contributed by atoms with E-state index in [1.807, 2.05) is 25.1 Å². The van der Waals surface area contributed by atoms with Crippen LogP contribution in [0.4, 0.5) is 0 Å². The Hall–Kier alpha value is -1.92. The van der Waals surface area contributed by atoms with Crippen LogP contribution in [-0.2, 0) is 13.0 Å². The van der Waals surface area contributed by atoms with E-state index in [0.29, 0.717) is 12.4 Å². The third-order valence-electron chi connectivity index (χ3n) is 4.15. The highest BCUT2D eigenvalue weighted by Gasteiger charge is 2.32. The number of aliphatic hydroxyl groups excluding tert-OH is 1. The Bertz CT molecular complexity index is 628. The SMILES string of the molecule is COc1ncccc1CN1C[C@@H](Cc2cc(C)[nH]n2)[C@H](O)C1. The number of nitrogens with one attached hydrogen (secondary N) is 1. The van der Waals surface area contributed by atoms with Gasteiger partial charge in [-0.15, -0.1) is 0 Å². The van der Waals surface area contributed by atoms with Gasteiger partial charge in [0.15, 0.2) is 0 Å². The number of ether oxygens (including phenoxy) is 1. The highest BCUT2D eigenvalue weighted by Crippen LogP contribution is 2.24. The first-order valence-electron chi connectivity index (χ1n) is 7.55. The van der Waals surface area contributed by atoms with Crippen LogP contribution in [0.1, 0.15) is 17.0 Å². The number of aryl methyl sites for hydroxylation is 1. The Morgan fingerprint density at radius 2 is 2.32 bits per heavy atom. The van der Waals surface area contributed by atoms with Crippen LogP contribution < -0.4 is 4.74 Å². The van der Waals surface area contributed by atoms with Crippen molar-refractivity contribution >= 4 is 0 Å². The van der Waals surface area contributed by atoms with Gasteiger partial charge in [0.2, 0.25) is 5.88 Å². The molecule has 6 nitrogen and oxygen atoms in total. The third kappa shape index (κ3) is 3.28. The van der Waals surface area contributed by atoms with Crippen LogP contribution in [0, 0.1) is 12.8 Å². The lowest BCUT2D eigenvalue weighted by atomic mass is 10.0. The van der Waals surface area contributed by atoms with Gasteiger partial charge in [-0.3, -0.25) is 10.00 Å². The Morgan fingerprint density at radius 3 is 3.05 bits per heavy atom. The zero-order valence-corrected chi connectivity index (χ0v) is 13.0. The number of methoxy groups -OCH3 is 1. The first-order valence-corrected chi connectivity index (χ1v) is 7.55. The fourth-order valence-electron chi connectivity index (χ4n) is 3.09. The largest absolute Gasteiger partial charge is 0.481 e. The molecule has 22 heavy (non-hydrogen) atoms. The maximum Gasteiger partial charge on any atom is 0.217 e. The van der Waals surface area contributed by atoms with E-state index in [2.05, 4.69) is 20.1 Å². The van der Waals surface area contributed by atoms with Crippen molar-refractivity contribution in [2.45, 2.75) is 26.0 Å². The van der Waals surface area contributed by atoms with Crippen LogP contribution in [0.3, 0.4) is 0 Å². The molecule has 0 unspecified atom stereocenters. The Morgan fingerprint density at radius 1 is 1.45 bits per heavy atom. The average molecular weight is 302 g/mol.